The third-order valence-corrected chi connectivity index (χ3v) is 4.23. The van der Waals surface area contributed by atoms with Crippen LogP contribution in [0.3, 0.4) is 0 Å². The highest BCUT2D eigenvalue weighted by Gasteiger charge is 2.31. The van der Waals surface area contributed by atoms with Crippen LogP contribution in [-0.2, 0) is 0 Å². The van der Waals surface area contributed by atoms with Gasteiger partial charge in [-0.2, -0.15) is 0 Å². The summed E-state index contributed by atoms with van der Waals surface area (Å²) in [6.07, 6.45) is 1.61. The van der Waals surface area contributed by atoms with E-state index in [0.717, 1.165) is 5.39 Å². The fourth-order valence-electron chi connectivity index (χ4n) is 3.06. The minimum absolute atomic E-state index is 0.242. The largest absolute Gasteiger partial charge is 0.493 e. The third-order valence-electron chi connectivity index (χ3n) is 4.23. The molecule has 1 aliphatic rings. The summed E-state index contributed by atoms with van der Waals surface area (Å²) < 4.78 is 22.3. The van der Waals surface area contributed by atoms with Gasteiger partial charge in [0.15, 0.2) is 23.0 Å². The van der Waals surface area contributed by atoms with Crippen molar-refractivity contribution in [3.63, 3.8) is 0 Å². The predicted octanol–water partition coefficient (Wildman–Crippen LogP) is 3.60. The van der Waals surface area contributed by atoms with Crippen LogP contribution in [0, 0.1) is 0 Å². The third kappa shape index (κ3) is 2.11. The normalized spacial score (nSPS) is 12.2. The van der Waals surface area contributed by atoms with Crippen LogP contribution in [0.5, 0.6) is 28.7 Å². The van der Waals surface area contributed by atoms with Crippen LogP contribution in [-0.4, -0.2) is 32.1 Å². The fourth-order valence-corrected chi connectivity index (χ4v) is 3.06. The van der Waals surface area contributed by atoms with Crippen molar-refractivity contribution in [2.75, 3.05) is 21.3 Å². The number of carbonyl (C=O) groups is 1. The quantitative estimate of drug-likeness (QED) is 0.569. The van der Waals surface area contributed by atoms with E-state index in [1.165, 1.54) is 14.2 Å². The van der Waals surface area contributed by atoms with E-state index in [4.69, 9.17) is 18.9 Å². The van der Waals surface area contributed by atoms with Gasteiger partial charge in [-0.1, -0.05) is 6.07 Å². The summed E-state index contributed by atoms with van der Waals surface area (Å²) in [5.41, 5.74) is 0.674. The van der Waals surface area contributed by atoms with E-state index in [-0.39, 0.29) is 11.5 Å². The molecule has 1 aromatic heterocycles. The Balaban J connectivity index is 2.12. The van der Waals surface area contributed by atoms with Crippen molar-refractivity contribution in [3.05, 3.63) is 47.8 Å². The van der Waals surface area contributed by atoms with Crippen molar-refractivity contribution in [1.82, 2.24) is 4.98 Å². The first-order chi connectivity index (χ1) is 12.2. The maximum absolute atomic E-state index is 13.1. The van der Waals surface area contributed by atoms with Gasteiger partial charge in [-0.05, 0) is 29.7 Å². The van der Waals surface area contributed by atoms with Gasteiger partial charge in [0, 0.05) is 6.20 Å². The Morgan fingerprint density at radius 1 is 0.880 bits per heavy atom. The van der Waals surface area contributed by atoms with Crippen molar-refractivity contribution in [2.45, 2.75) is 0 Å². The number of methoxy groups -OCH3 is 3. The van der Waals surface area contributed by atoms with Crippen LogP contribution >= 0.6 is 0 Å². The van der Waals surface area contributed by atoms with Gasteiger partial charge >= 0.3 is 0 Å². The van der Waals surface area contributed by atoms with E-state index in [2.05, 4.69) is 4.98 Å². The highest BCUT2D eigenvalue weighted by molar-refractivity contribution is 6.19. The molecule has 2 aromatic carbocycles. The summed E-state index contributed by atoms with van der Waals surface area (Å²) in [5.74, 6) is 1.80. The lowest BCUT2D eigenvalue weighted by Gasteiger charge is -2.16. The number of rotatable bonds is 3. The van der Waals surface area contributed by atoms with Gasteiger partial charge in [-0.25, -0.2) is 0 Å². The summed E-state index contributed by atoms with van der Waals surface area (Å²) in [7, 11) is 4.58. The van der Waals surface area contributed by atoms with E-state index in [0.29, 0.717) is 39.6 Å². The molecule has 126 valence electrons. The van der Waals surface area contributed by atoms with E-state index in [1.54, 1.807) is 31.5 Å². The lowest BCUT2D eigenvalue weighted by Crippen LogP contribution is -2.05. The molecule has 0 N–H and O–H groups in total. The lowest BCUT2D eigenvalue weighted by atomic mass is 10.0. The lowest BCUT2D eigenvalue weighted by molar-refractivity contribution is 0.103. The van der Waals surface area contributed by atoms with Crippen LogP contribution in [0.2, 0.25) is 0 Å². The molecule has 0 radical (unpaired) electrons. The number of ether oxygens (including phenoxy) is 4. The minimum atomic E-state index is -0.242. The number of hydrogen-bond donors (Lipinski definition) is 0. The average Bonchev–Trinajstić information content (AvgIpc) is 2.78. The molecule has 0 spiro atoms. The topological polar surface area (TPSA) is 66.9 Å². The number of nitrogens with zero attached hydrogens (tertiary/aromatic N) is 1. The Morgan fingerprint density at radius 3 is 2.36 bits per heavy atom. The molecule has 6 nitrogen and oxygen atoms in total. The number of aromatic nitrogens is 1. The molecular formula is C19H15NO5. The monoisotopic (exact) mass is 337 g/mol. The van der Waals surface area contributed by atoms with Crippen LogP contribution in [0.1, 0.15) is 16.1 Å². The number of ketones is 1. The zero-order valence-corrected chi connectivity index (χ0v) is 14.0. The molecule has 3 aromatic rings. The van der Waals surface area contributed by atoms with Gasteiger partial charge in [-0.3, -0.25) is 9.78 Å². The first kappa shape index (κ1) is 15.3. The summed E-state index contributed by atoms with van der Waals surface area (Å²) in [6.45, 7) is 0. The molecule has 0 amide bonds. The minimum Gasteiger partial charge on any atom is -0.493 e. The zero-order valence-electron chi connectivity index (χ0n) is 14.0. The molecule has 1 aliphatic heterocycles. The maximum atomic E-state index is 13.1. The smallest absolute Gasteiger partial charge is 0.216 e. The standard InChI is InChI=1S/C19H15NO5/c1-22-12-6-4-10-8-9-20-15-14(10)18(12)25-17-11(16(15)21)5-7-13(23-2)19(17)24-3/h4-9H,1-3H3. The van der Waals surface area contributed by atoms with E-state index in [9.17, 15) is 4.79 Å². The van der Waals surface area contributed by atoms with Gasteiger partial charge in [0.2, 0.25) is 11.5 Å². The van der Waals surface area contributed by atoms with Crippen molar-refractivity contribution in [1.29, 1.82) is 0 Å². The second-order valence-electron chi connectivity index (χ2n) is 5.46. The summed E-state index contributed by atoms with van der Waals surface area (Å²) in [4.78, 5) is 17.4. The zero-order chi connectivity index (χ0) is 17.6. The molecule has 0 saturated carbocycles. The van der Waals surface area contributed by atoms with Gasteiger partial charge in [0.1, 0.15) is 5.69 Å². The second kappa shape index (κ2) is 5.66. The molecule has 0 atom stereocenters. The summed E-state index contributed by atoms with van der Waals surface area (Å²) in [5, 5.41) is 1.46. The molecule has 0 fully saturated rings. The van der Waals surface area contributed by atoms with Crippen LogP contribution < -0.4 is 18.9 Å². The molecule has 25 heavy (non-hydrogen) atoms. The molecule has 0 unspecified atom stereocenters. The number of pyridine rings is 1. The SMILES string of the molecule is COc1ccc2c(c1OC)Oc1c(OC)ccc3ccnc(c13)C2=O. The fraction of sp³-hybridized carbons (Fsp3) is 0.158. The van der Waals surface area contributed by atoms with Crippen molar-refractivity contribution in [3.8, 4) is 28.7 Å². The van der Waals surface area contributed by atoms with Crippen LogP contribution in [0.15, 0.2) is 36.5 Å². The van der Waals surface area contributed by atoms with Crippen molar-refractivity contribution >= 4 is 16.6 Å². The van der Waals surface area contributed by atoms with E-state index < -0.39 is 0 Å². The number of benzene rings is 2. The molecule has 6 heteroatoms. The Labute approximate surface area is 143 Å². The Hall–Kier alpha value is -3.28. The first-order valence-corrected chi connectivity index (χ1v) is 7.62. The highest BCUT2D eigenvalue weighted by Crippen LogP contribution is 2.49. The molecule has 4 rings (SSSR count). The Bertz CT molecular complexity index is 1010. The van der Waals surface area contributed by atoms with Crippen molar-refractivity contribution < 1.29 is 23.7 Å². The highest BCUT2D eigenvalue weighted by atomic mass is 16.5. The number of fused-ring (bicyclic) bond motifs is 1. The van der Waals surface area contributed by atoms with Gasteiger partial charge in [0.05, 0.1) is 32.3 Å². The molecule has 0 saturated heterocycles. The average molecular weight is 337 g/mol. The van der Waals surface area contributed by atoms with Crippen molar-refractivity contribution in [2.24, 2.45) is 0 Å². The summed E-state index contributed by atoms with van der Waals surface area (Å²) in [6, 6.07) is 8.81. The second-order valence-corrected chi connectivity index (χ2v) is 5.46. The predicted molar refractivity (Wildman–Crippen MR) is 91.3 cm³/mol. The Morgan fingerprint density at radius 2 is 1.64 bits per heavy atom. The van der Waals surface area contributed by atoms with E-state index in [1.807, 2.05) is 12.1 Å². The van der Waals surface area contributed by atoms with Crippen LogP contribution in [0.25, 0.3) is 10.8 Å². The molecule has 2 heterocycles. The first-order valence-electron chi connectivity index (χ1n) is 7.62. The van der Waals surface area contributed by atoms with E-state index >= 15 is 0 Å². The van der Waals surface area contributed by atoms with Gasteiger partial charge in [0.25, 0.3) is 0 Å². The number of carbonyl (C=O) groups excluding carboxylic acids is 1. The van der Waals surface area contributed by atoms with Gasteiger partial charge in [-0.15, -0.1) is 0 Å². The number of hydrogen-bond acceptors (Lipinski definition) is 6. The van der Waals surface area contributed by atoms with Crippen LogP contribution in [0.4, 0.5) is 0 Å². The Kier molecular flexibility index (Phi) is 3.46. The maximum Gasteiger partial charge on any atom is 0.216 e. The van der Waals surface area contributed by atoms with Gasteiger partial charge < -0.3 is 18.9 Å². The summed E-state index contributed by atoms with van der Waals surface area (Å²) >= 11 is 0. The molecule has 0 aliphatic carbocycles. The molecule has 0 bridgehead atoms. The molecular weight excluding hydrogens is 322 g/mol.